The predicted molar refractivity (Wildman–Crippen MR) is 86.7 cm³/mol. The highest BCUT2D eigenvalue weighted by atomic mass is 35.5. The van der Waals surface area contributed by atoms with Gasteiger partial charge < -0.3 is 0 Å². The number of hydrogen-bond donors (Lipinski definition) is 1. The molecule has 0 heterocycles. The van der Waals surface area contributed by atoms with Crippen LogP contribution in [0, 0.1) is 6.92 Å². The van der Waals surface area contributed by atoms with Gasteiger partial charge in [-0.1, -0.05) is 29.3 Å². The molecule has 1 N–H and O–H groups in total. The molecular weight excluding hydrogens is 403 g/mol. The zero-order valence-corrected chi connectivity index (χ0v) is 14.9. The van der Waals surface area contributed by atoms with Crippen molar-refractivity contribution in [3.63, 3.8) is 0 Å². The first-order valence-electron chi connectivity index (χ1n) is 6.55. The lowest BCUT2D eigenvalue weighted by Gasteiger charge is -2.13. The van der Waals surface area contributed by atoms with Crippen LogP contribution in [0.2, 0.25) is 5.02 Å². The highest BCUT2D eigenvalue weighted by molar-refractivity contribution is 7.93. The van der Waals surface area contributed by atoms with Crippen molar-refractivity contribution in [2.24, 2.45) is 0 Å². The molecule has 0 amide bonds. The molecule has 0 bridgehead atoms. The molecule has 136 valence electrons. The number of sulfone groups is 1. The maximum atomic E-state index is 12.6. The number of aryl methyl sites for hydroxylation is 1. The normalized spacial score (nSPS) is 12.8. The summed E-state index contributed by atoms with van der Waals surface area (Å²) in [5.74, 6) is 0. The summed E-state index contributed by atoms with van der Waals surface area (Å²) in [6.45, 7) is 1.74. The molecule has 0 radical (unpaired) electrons. The van der Waals surface area contributed by atoms with Gasteiger partial charge in [0.1, 0.15) is 0 Å². The summed E-state index contributed by atoms with van der Waals surface area (Å²) >= 11 is 5.78. The number of sulfonamides is 1. The van der Waals surface area contributed by atoms with Crippen molar-refractivity contribution in [1.29, 1.82) is 0 Å². The van der Waals surface area contributed by atoms with Crippen molar-refractivity contribution in [1.82, 2.24) is 0 Å². The maximum absolute atomic E-state index is 12.6. The Labute approximate surface area is 147 Å². The average molecular weight is 414 g/mol. The fraction of sp³-hybridized carbons (Fsp3) is 0.143. The number of hydrogen-bond acceptors (Lipinski definition) is 4. The van der Waals surface area contributed by atoms with Crippen molar-refractivity contribution in [2.75, 3.05) is 4.72 Å². The molecule has 0 aromatic heterocycles. The van der Waals surface area contributed by atoms with E-state index in [0.717, 1.165) is 11.6 Å². The van der Waals surface area contributed by atoms with E-state index in [1.807, 2.05) is 4.72 Å². The number of alkyl halides is 3. The monoisotopic (exact) mass is 413 g/mol. The van der Waals surface area contributed by atoms with Crippen LogP contribution in [0.5, 0.6) is 0 Å². The minimum atomic E-state index is -5.63. The lowest BCUT2D eigenvalue weighted by molar-refractivity contribution is -0.0435. The molecule has 0 aliphatic carbocycles. The van der Waals surface area contributed by atoms with E-state index in [-0.39, 0.29) is 9.92 Å². The van der Waals surface area contributed by atoms with E-state index in [9.17, 15) is 30.0 Å². The van der Waals surface area contributed by atoms with Gasteiger partial charge in [0, 0.05) is 0 Å². The lowest BCUT2D eigenvalue weighted by atomic mass is 10.2. The van der Waals surface area contributed by atoms with Crippen LogP contribution in [0.3, 0.4) is 0 Å². The summed E-state index contributed by atoms with van der Waals surface area (Å²) in [6, 6.07) is 7.68. The van der Waals surface area contributed by atoms with E-state index in [0.29, 0.717) is 12.1 Å². The summed E-state index contributed by atoms with van der Waals surface area (Å²) in [7, 11) is -9.80. The fourth-order valence-corrected chi connectivity index (χ4v) is 3.88. The van der Waals surface area contributed by atoms with Crippen LogP contribution in [-0.2, 0) is 19.9 Å². The zero-order chi connectivity index (χ0) is 19.0. The van der Waals surface area contributed by atoms with Gasteiger partial charge in [0.15, 0.2) is 0 Å². The van der Waals surface area contributed by atoms with Gasteiger partial charge in [-0.3, -0.25) is 4.72 Å². The van der Waals surface area contributed by atoms with Crippen molar-refractivity contribution in [3.05, 3.63) is 53.1 Å². The van der Waals surface area contributed by atoms with Crippen molar-refractivity contribution in [3.8, 4) is 0 Å². The molecule has 0 saturated heterocycles. The van der Waals surface area contributed by atoms with E-state index in [1.54, 1.807) is 6.92 Å². The van der Waals surface area contributed by atoms with Gasteiger partial charge in [-0.25, -0.2) is 16.8 Å². The first-order valence-corrected chi connectivity index (χ1v) is 9.89. The topological polar surface area (TPSA) is 80.3 Å². The number of benzene rings is 2. The van der Waals surface area contributed by atoms with Crippen LogP contribution >= 0.6 is 11.6 Å². The number of halogens is 4. The lowest BCUT2D eigenvalue weighted by Crippen LogP contribution is -2.23. The van der Waals surface area contributed by atoms with Gasteiger partial charge in [-0.2, -0.15) is 13.2 Å². The Hall–Kier alpha value is -1.78. The second-order valence-electron chi connectivity index (χ2n) is 5.01. The molecule has 2 aromatic rings. The number of rotatable bonds is 4. The SMILES string of the molecule is Cc1ccc(S(=O)(=O)Nc2cc(S(=O)(=O)C(F)(F)F)ccc2Cl)cc1. The van der Waals surface area contributed by atoms with Crippen molar-refractivity contribution >= 4 is 37.1 Å². The smallest absolute Gasteiger partial charge is 0.278 e. The van der Waals surface area contributed by atoms with Gasteiger partial charge in [-0.05, 0) is 37.3 Å². The molecule has 0 spiro atoms. The minimum Gasteiger partial charge on any atom is -0.278 e. The standard InChI is InChI=1S/C14H11ClF3NO4S2/c1-9-2-4-10(5-3-9)25(22,23)19-13-8-11(6-7-12(13)15)24(20,21)14(16,17)18/h2-8,19H,1H3. The largest absolute Gasteiger partial charge is 0.501 e. The Bertz CT molecular complexity index is 1000. The van der Waals surface area contributed by atoms with Crippen LogP contribution in [0.1, 0.15) is 5.56 Å². The molecule has 2 aromatic carbocycles. The molecule has 5 nitrogen and oxygen atoms in total. The third-order valence-corrected chi connectivity index (χ3v) is 6.32. The molecule has 0 fully saturated rings. The van der Waals surface area contributed by atoms with E-state index >= 15 is 0 Å². The highest BCUT2D eigenvalue weighted by Crippen LogP contribution is 2.34. The summed E-state index contributed by atoms with van der Waals surface area (Å²) in [6.07, 6.45) is 0. The Morgan fingerprint density at radius 1 is 0.920 bits per heavy atom. The average Bonchev–Trinajstić information content (AvgIpc) is 2.48. The van der Waals surface area contributed by atoms with Crippen molar-refractivity contribution < 1.29 is 30.0 Å². The van der Waals surface area contributed by atoms with Crippen molar-refractivity contribution in [2.45, 2.75) is 22.2 Å². The summed E-state index contributed by atoms with van der Waals surface area (Å²) in [4.78, 5) is -1.27. The van der Waals surface area contributed by atoms with Crippen LogP contribution in [0.15, 0.2) is 52.3 Å². The molecule has 0 atom stereocenters. The Morgan fingerprint density at radius 2 is 1.44 bits per heavy atom. The van der Waals surface area contributed by atoms with Crippen LogP contribution in [0.4, 0.5) is 18.9 Å². The first-order chi connectivity index (χ1) is 11.3. The van der Waals surface area contributed by atoms with Gasteiger partial charge in [-0.15, -0.1) is 0 Å². The third kappa shape index (κ3) is 4.07. The van der Waals surface area contributed by atoms with Gasteiger partial charge in [0.25, 0.3) is 19.9 Å². The van der Waals surface area contributed by atoms with E-state index in [2.05, 4.69) is 0 Å². The first kappa shape index (κ1) is 19.5. The number of anilines is 1. The molecular formula is C14H11ClF3NO4S2. The molecule has 11 heteroatoms. The molecule has 2 rings (SSSR count). The van der Waals surface area contributed by atoms with Gasteiger partial charge >= 0.3 is 5.51 Å². The maximum Gasteiger partial charge on any atom is 0.501 e. The van der Waals surface area contributed by atoms with E-state index in [4.69, 9.17) is 11.6 Å². The minimum absolute atomic E-state index is 0.154. The Morgan fingerprint density at radius 3 is 1.96 bits per heavy atom. The summed E-state index contributed by atoms with van der Waals surface area (Å²) in [5.41, 5.74) is -5.20. The Kier molecular flexibility index (Phi) is 5.08. The number of nitrogens with one attached hydrogen (secondary N) is 1. The van der Waals surface area contributed by atoms with Crippen LogP contribution < -0.4 is 4.72 Å². The van der Waals surface area contributed by atoms with Crippen LogP contribution in [-0.4, -0.2) is 22.3 Å². The second-order valence-corrected chi connectivity index (χ2v) is 9.04. The summed E-state index contributed by atoms with van der Waals surface area (Å²) < 4.78 is 87.3. The Balaban J connectivity index is 2.47. The van der Waals surface area contributed by atoms with E-state index in [1.165, 1.54) is 24.3 Å². The molecule has 0 aliphatic rings. The highest BCUT2D eigenvalue weighted by Gasteiger charge is 2.47. The molecule has 25 heavy (non-hydrogen) atoms. The van der Waals surface area contributed by atoms with Gasteiger partial charge in [0.05, 0.1) is 20.5 Å². The molecule has 0 unspecified atom stereocenters. The van der Waals surface area contributed by atoms with Crippen LogP contribution in [0.25, 0.3) is 0 Å². The second kappa shape index (κ2) is 6.50. The van der Waals surface area contributed by atoms with Gasteiger partial charge in [0.2, 0.25) is 0 Å². The van der Waals surface area contributed by atoms with E-state index < -0.39 is 36.0 Å². The molecule has 0 aliphatic heterocycles. The quantitative estimate of drug-likeness (QED) is 0.827. The fourth-order valence-electron chi connectivity index (χ4n) is 1.80. The zero-order valence-electron chi connectivity index (χ0n) is 12.5. The summed E-state index contributed by atoms with van der Waals surface area (Å²) in [5, 5.41) is -0.253. The molecule has 0 saturated carbocycles. The third-order valence-electron chi connectivity index (χ3n) is 3.13. The predicted octanol–water partition coefficient (Wildman–Crippen LogP) is 3.74.